The molecule has 5 heteroatoms. The molecular weight excluding hydrogens is 368 g/mol. The maximum absolute atomic E-state index is 12.5. The summed E-state index contributed by atoms with van der Waals surface area (Å²) in [6.07, 6.45) is 1.10. The van der Waals surface area contributed by atoms with Crippen molar-refractivity contribution < 1.29 is 9.59 Å². The van der Waals surface area contributed by atoms with E-state index in [0.29, 0.717) is 6.54 Å². The van der Waals surface area contributed by atoms with Crippen LogP contribution in [0.2, 0.25) is 0 Å². The van der Waals surface area contributed by atoms with E-state index < -0.39 is 0 Å². The normalized spacial score (nSPS) is 17.2. The highest BCUT2D eigenvalue weighted by molar-refractivity contribution is 9.10. The van der Waals surface area contributed by atoms with Crippen molar-refractivity contribution in [1.82, 2.24) is 0 Å². The quantitative estimate of drug-likeness (QED) is 0.862. The van der Waals surface area contributed by atoms with Gasteiger partial charge in [0.25, 0.3) is 0 Å². The monoisotopic (exact) mass is 386 g/mol. The number of carbonyl (C=O) groups is 2. The van der Waals surface area contributed by atoms with Crippen LogP contribution in [0.25, 0.3) is 0 Å². The molecule has 0 bridgehead atoms. The third-order valence-corrected chi connectivity index (χ3v) is 4.98. The minimum Gasteiger partial charge on any atom is -0.325 e. The maximum atomic E-state index is 12.5. The molecule has 24 heavy (non-hydrogen) atoms. The van der Waals surface area contributed by atoms with Crippen molar-refractivity contribution in [2.45, 2.75) is 19.8 Å². The Balaban J connectivity index is 1.75. The SMILES string of the molecule is CCc1ccccc1N1C[C@@H](C(=O)Nc2ccccc2Br)CC1=O. The molecule has 0 aliphatic carbocycles. The number of aryl methyl sites for hydroxylation is 1. The zero-order valence-corrected chi connectivity index (χ0v) is 15.0. The van der Waals surface area contributed by atoms with Gasteiger partial charge in [-0.15, -0.1) is 0 Å². The molecule has 2 amide bonds. The Labute approximate surface area is 150 Å². The van der Waals surface area contributed by atoms with Crippen LogP contribution in [0, 0.1) is 5.92 Å². The fourth-order valence-corrected chi connectivity index (χ4v) is 3.37. The van der Waals surface area contributed by atoms with E-state index in [0.717, 1.165) is 27.8 Å². The zero-order chi connectivity index (χ0) is 17.1. The van der Waals surface area contributed by atoms with Crippen molar-refractivity contribution in [2.75, 3.05) is 16.8 Å². The van der Waals surface area contributed by atoms with Gasteiger partial charge in [-0.3, -0.25) is 9.59 Å². The largest absolute Gasteiger partial charge is 0.325 e. The lowest BCUT2D eigenvalue weighted by molar-refractivity contribution is -0.122. The summed E-state index contributed by atoms with van der Waals surface area (Å²) in [7, 11) is 0. The molecule has 0 spiro atoms. The van der Waals surface area contributed by atoms with Gasteiger partial charge in [0.2, 0.25) is 11.8 Å². The molecule has 0 unspecified atom stereocenters. The van der Waals surface area contributed by atoms with E-state index in [1.54, 1.807) is 4.90 Å². The first kappa shape index (κ1) is 16.7. The summed E-state index contributed by atoms with van der Waals surface area (Å²) in [5.74, 6) is -0.454. The van der Waals surface area contributed by atoms with Gasteiger partial charge in [-0.2, -0.15) is 0 Å². The second-order valence-electron chi connectivity index (χ2n) is 5.86. The van der Waals surface area contributed by atoms with Gasteiger partial charge in [-0.1, -0.05) is 37.3 Å². The Morgan fingerprint density at radius 2 is 1.92 bits per heavy atom. The lowest BCUT2D eigenvalue weighted by Gasteiger charge is -2.20. The summed E-state index contributed by atoms with van der Waals surface area (Å²) < 4.78 is 0.829. The van der Waals surface area contributed by atoms with E-state index in [2.05, 4.69) is 28.2 Å². The minimum atomic E-state index is -0.338. The summed E-state index contributed by atoms with van der Waals surface area (Å²) in [5, 5.41) is 2.91. The summed E-state index contributed by atoms with van der Waals surface area (Å²) >= 11 is 3.42. The molecule has 2 aromatic rings. The Bertz CT molecular complexity index is 775. The highest BCUT2D eigenvalue weighted by Gasteiger charge is 2.35. The van der Waals surface area contributed by atoms with Crippen molar-refractivity contribution in [2.24, 2.45) is 5.92 Å². The Morgan fingerprint density at radius 3 is 2.67 bits per heavy atom. The fourth-order valence-electron chi connectivity index (χ4n) is 2.99. The Hall–Kier alpha value is -2.14. The molecule has 124 valence electrons. The number of hydrogen-bond donors (Lipinski definition) is 1. The van der Waals surface area contributed by atoms with Gasteiger partial charge in [-0.25, -0.2) is 0 Å². The lowest BCUT2D eigenvalue weighted by atomic mass is 10.1. The van der Waals surface area contributed by atoms with Gasteiger partial charge >= 0.3 is 0 Å². The molecule has 2 aromatic carbocycles. The van der Waals surface area contributed by atoms with Gasteiger partial charge in [0, 0.05) is 23.1 Å². The number of carbonyl (C=O) groups excluding carboxylic acids is 2. The summed E-state index contributed by atoms with van der Waals surface area (Å²) in [6.45, 7) is 2.49. The predicted molar refractivity (Wildman–Crippen MR) is 99.1 cm³/mol. The molecule has 4 nitrogen and oxygen atoms in total. The van der Waals surface area contributed by atoms with Crippen LogP contribution in [-0.4, -0.2) is 18.4 Å². The van der Waals surface area contributed by atoms with E-state index in [1.807, 2.05) is 48.5 Å². The molecule has 0 aromatic heterocycles. The average Bonchev–Trinajstić information content (AvgIpc) is 2.98. The molecule has 1 aliphatic rings. The maximum Gasteiger partial charge on any atom is 0.229 e. The summed E-state index contributed by atoms with van der Waals surface area (Å²) in [6, 6.07) is 15.3. The molecular formula is C19H19BrN2O2. The predicted octanol–water partition coefficient (Wildman–Crippen LogP) is 4.00. The van der Waals surface area contributed by atoms with Crippen molar-refractivity contribution in [3.8, 4) is 0 Å². The number of amides is 2. The molecule has 1 N–H and O–H groups in total. The highest BCUT2D eigenvalue weighted by Crippen LogP contribution is 2.30. The zero-order valence-electron chi connectivity index (χ0n) is 13.5. The van der Waals surface area contributed by atoms with E-state index >= 15 is 0 Å². The number of benzene rings is 2. The number of para-hydroxylation sites is 2. The number of nitrogens with zero attached hydrogens (tertiary/aromatic N) is 1. The van der Waals surface area contributed by atoms with Crippen LogP contribution in [0.5, 0.6) is 0 Å². The average molecular weight is 387 g/mol. The number of hydrogen-bond acceptors (Lipinski definition) is 2. The minimum absolute atomic E-state index is 0.00294. The first-order chi connectivity index (χ1) is 11.6. The summed E-state index contributed by atoms with van der Waals surface area (Å²) in [5.41, 5.74) is 2.77. The van der Waals surface area contributed by atoms with Crippen LogP contribution >= 0.6 is 15.9 Å². The smallest absolute Gasteiger partial charge is 0.229 e. The standard InChI is InChI=1S/C19H19BrN2O2/c1-2-13-7-3-6-10-17(13)22-12-14(11-18(22)23)19(24)21-16-9-5-4-8-15(16)20/h3-10,14H,2,11-12H2,1H3,(H,21,24)/t14-/m0/s1. The van der Waals surface area contributed by atoms with E-state index in [-0.39, 0.29) is 24.2 Å². The first-order valence-corrected chi connectivity index (χ1v) is 8.83. The second-order valence-corrected chi connectivity index (χ2v) is 6.71. The molecule has 1 heterocycles. The van der Waals surface area contributed by atoms with Gasteiger partial charge < -0.3 is 10.2 Å². The number of halogens is 1. The van der Waals surface area contributed by atoms with Crippen molar-refractivity contribution in [3.05, 3.63) is 58.6 Å². The van der Waals surface area contributed by atoms with Crippen LogP contribution in [0.4, 0.5) is 11.4 Å². The lowest BCUT2D eigenvalue weighted by Crippen LogP contribution is -2.28. The van der Waals surface area contributed by atoms with Gasteiger partial charge in [-0.05, 0) is 46.1 Å². The third-order valence-electron chi connectivity index (χ3n) is 4.29. The number of nitrogens with one attached hydrogen (secondary N) is 1. The molecule has 1 saturated heterocycles. The fraction of sp³-hybridized carbons (Fsp3) is 0.263. The molecule has 1 aliphatic heterocycles. The topological polar surface area (TPSA) is 49.4 Å². The Morgan fingerprint density at radius 1 is 1.21 bits per heavy atom. The molecule has 0 radical (unpaired) electrons. The van der Waals surface area contributed by atoms with E-state index in [9.17, 15) is 9.59 Å². The van der Waals surface area contributed by atoms with Crippen LogP contribution < -0.4 is 10.2 Å². The van der Waals surface area contributed by atoms with Crippen molar-refractivity contribution >= 4 is 39.1 Å². The number of anilines is 2. The van der Waals surface area contributed by atoms with Gasteiger partial charge in [0.15, 0.2) is 0 Å². The van der Waals surface area contributed by atoms with E-state index in [1.165, 1.54) is 0 Å². The Kier molecular flexibility index (Phi) is 5.00. The van der Waals surface area contributed by atoms with Gasteiger partial charge in [0.05, 0.1) is 11.6 Å². The summed E-state index contributed by atoms with van der Waals surface area (Å²) in [4.78, 5) is 26.7. The van der Waals surface area contributed by atoms with Crippen LogP contribution in [0.1, 0.15) is 18.9 Å². The van der Waals surface area contributed by atoms with Crippen molar-refractivity contribution in [1.29, 1.82) is 0 Å². The van der Waals surface area contributed by atoms with E-state index in [4.69, 9.17) is 0 Å². The van der Waals surface area contributed by atoms with Gasteiger partial charge in [0.1, 0.15) is 0 Å². The first-order valence-electron chi connectivity index (χ1n) is 8.03. The molecule has 1 atom stereocenters. The van der Waals surface area contributed by atoms with Crippen LogP contribution in [0.15, 0.2) is 53.0 Å². The molecule has 1 fully saturated rings. The van der Waals surface area contributed by atoms with Crippen molar-refractivity contribution in [3.63, 3.8) is 0 Å². The second kappa shape index (κ2) is 7.18. The third kappa shape index (κ3) is 3.36. The van der Waals surface area contributed by atoms with Crippen LogP contribution in [-0.2, 0) is 16.0 Å². The molecule has 0 saturated carbocycles. The number of rotatable bonds is 4. The van der Waals surface area contributed by atoms with Crippen LogP contribution in [0.3, 0.4) is 0 Å². The molecule has 3 rings (SSSR count). The highest BCUT2D eigenvalue weighted by atomic mass is 79.9.